The average molecular weight is 909 g/mol. The van der Waals surface area contributed by atoms with Crippen LogP contribution < -0.4 is 9.47 Å². The molecule has 0 radical (unpaired) electrons. The van der Waals surface area contributed by atoms with E-state index in [2.05, 4.69) is 114 Å². The van der Waals surface area contributed by atoms with Crippen LogP contribution in [0.4, 0.5) is 0 Å². The molecule has 0 bridgehead atoms. The smallest absolute Gasteiger partial charge is 0.131 e. The summed E-state index contributed by atoms with van der Waals surface area (Å²) in [6.45, 7) is 17.6. The van der Waals surface area contributed by atoms with E-state index in [0.29, 0.717) is 17.9 Å². The number of hydrogen-bond acceptors (Lipinski definition) is 4. The van der Waals surface area contributed by atoms with Crippen molar-refractivity contribution in [2.45, 2.75) is 182 Å². The van der Waals surface area contributed by atoms with Crippen molar-refractivity contribution in [1.82, 2.24) is 0 Å². The Morgan fingerprint density at radius 3 is 1.62 bits per heavy atom. The lowest BCUT2D eigenvalue weighted by Gasteiger charge is -2.29. The largest absolute Gasteiger partial charge is 0.507 e. The molecule has 4 aliphatic carbocycles. The number of rotatable bonds is 12. The fourth-order valence-electron chi connectivity index (χ4n) is 12.1. The zero-order valence-electron chi connectivity index (χ0n) is 42.1. The van der Waals surface area contributed by atoms with Crippen LogP contribution in [0, 0.1) is 13.8 Å². The van der Waals surface area contributed by atoms with Gasteiger partial charge in [0.2, 0.25) is 0 Å². The van der Waals surface area contributed by atoms with Crippen molar-refractivity contribution in [3.05, 3.63) is 146 Å². The van der Waals surface area contributed by atoms with Gasteiger partial charge in [-0.25, -0.2) is 0 Å². The average Bonchev–Trinajstić information content (AvgIpc) is 3.34. The second-order valence-corrected chi connectivity index (χ2v) is 20.8. The Morgan fingerprint density at radius 2 is 1.03 bits per heavy atom. The van der Waals surface area contributed by atoms with E-state index in [-0.39, 0.29) is 12.2 Å². The number of allylic oxidation sites excluding steroid dienone is 5. The Morgan fingerprint density at radius 1 is 0.529 bits per heavy atom. The third-order valence-electron chi connectivity index (χ3n) is 15.6. The van der Waals surface area contributed by atoms with E-state index in [1.807, 2.05) is 0 Å². The Labute approximate surface area is 408 Å². The zero-order valence-corrected chi connectivity index (χ0v) is 42.1. The molecule has 1 saturated carbocycles. The highest BCUT2D eigenvalue weighted by Crippen LogP contribution is 2.50. The first-order valence-electron chi connectivity index (χ1n) is 26.6. The molecule has 68 heavy (non-hydrogen) atoms. The lowest BCUT2D eigenvalue weighted by Crippen LogP contribution is -2.23. The second-order valence-electron chi connectivity index (χ2n) is 20.8. The Hall–Kier alpha value is -5.48. The molecule has 2 N–H and O–H groups in total. The third-order valence-corrected chi connectivity index (χ3v) is 15.6. The summed E-state index contributed by atoms with van der Waals surface area (Å²) in [6.07, 6.45) is 23.9. The van der Waals surface area contributed by atoms with Crippen LogP contribution in [0.15, 0.2) is 96.1 Å². The Balaban J connectivity index is 1.02. The van der Waals surface area contributed by atoms with E-state index in [1.54, 1.807) is 0 Å². The minimum atomic E-state index is -0.201. The number of benzene rings is 5. The van der Waals surface area contributed by atoms with Crippen molar-refractivity contribution < 1.29 is 19.7 Å². The fraction of sp³-hybridized carbons (Fsp3) is 0.438. The molecule has 0 spiro atoms. The first kappa shape index (κ1) is 47.6. The van der Waals surface area contributed by atoms with E-state index in [9.17, 15) is 10.2 Å². The molecule has 0 aromatic heterocycles. The summed E-state index contributed by atoms with van der Waals surface area (Å²) >= 11 is 0. The van der Waals surface area contributed by atoms with Crippen LogP contribution in [0.25, 0.3) is 39.0 Å². The molecule has 0 aliphatic heterocycles. The molecule has 1 fully saturated rings. The van der Waals surface area contributed by atoms with Crippen molar-refractivity contribution in [3.63, 3.8) is 0 Å². The van der Waals surface area contributed by atoms with Gasteiger partial charge >= 0.3 is 0 Å². The summed E-state index contributed by atoms with van der Waals surface area (Å²) in [7, 11) is 0. The van der Waals surface area contributed by atoms with Gasteiger partial charge in [-0.05, 0) is 264 Å². The van der Waals surface area contributed by atoms with Crippen LogP contribution in [0.3, 0.4) is 0 Å². The van der Waals surface area contributed by atoms with Crippen molar-refractivity contribution in [2.75, 3.05) is 0 Å². The van der Waals surface area contributed by atoms with Gasteiger partial charge in [-0.1, -0.05) is 51.1 Å². The van der Waals surface area contributed by atoms with Crippen LogP contribution in [-0.4, -0.2) is 22.4 Å². The highest BCUT2D eigenvalue weighted by molar-refractivity contribution is 5.92. The van der Waals surface area contributed by atoms with Crippen LogP contribution in [-0.2, 0) is 38.5 Å². The standard InChI is InChI=1S/C64H76O4/c1-8-45-28-30-59(53(37-45)55-32-40(3)34-57(63(55)65)61-42(5)20-12-10-11-13-21-47-22-14-17-25-50(47)61)67-43(6)36-44(7)68-60-31-29-46(9-2)38-54(60)56-33-41(4)35-58(64(56)66)62-51-26-18-15-23-48(51)39-49-24-16-19-27-52(49)62/h21,28-35,37-39,43-44,65-66H,5,8-20,22-27,36H2,1-4,6-7H3/b47-21-,61-50+/t43-,44?/m0/s1. The second kappa shape index (κ2) is 21.0. The number of aromatic hydroxyl groups is 2. The molecule has 9 rings (SSSR count). The molecular weight excluding hydrogens is 833 g/mol. The predicted molar refractivity (Wildman–Crippen MR) is 285 cm³/mol. The number of phenols is 2. The monoisotopic (exact) mass is 909 g/mol. The van der Waals surface area contributed by atoms with E-state index in [0.717, 1.165) is 144 Å². The molecule has 4 heteroatoms. The molecule has 1 unspecified atom stereocenters. The number of fused-ring (bicyclic) bond motifs is 3. The minimum absolute atomic E-state index is 0.196. The molecule has 0 amide bonds. The summed E-state index contributed by atoms with van der Waals surface area (Å²) in [5, 5.41) is 25.1. The number of phenolic OH excluding ortho intramolecular Hbond substituents is 2. The molecule has 5 aromatic carbocycles. The minimum Gasteiger partial charge on any atom is -0.507 e. The van der Waals surface area contributed by atoms with Crippen LogP contribution in [0.5, 0.6) is 23.0 Å². The number of hydrogen-bond donors (Lipinski definition) is 2. The molecular formula is C64H76O4. The third kappa shape index (κ3) is 9.99. The van der Waals surface area contributed by atoms with Gasteiger partial charge in [0, 0.05) is 39.8 Å². The van der Waals surface area contributed by atoms with Gasteiger partial charge in [0.15, 0.2) is 0 Å². The Bertz CT molecular complexity index is 2730. The quantitative estimate of drug-likeness (QED) is 0.131. The van der Waals surface area contributed by atoms with Crippen LogP contribution in [0.1, 0.15) is 168 Å². The maximum absolute atomic E-state index is 12.5. The Kier molecular flexibility index (Phi) is 14.7. The van der Waals surface area contributed by atoms with Gasteiger partial charge in [-0.3, -0.25) is 0 Å². The van der Waals surface area contributed by atoms with Gasteiger partial charge in [0.1, 0.15) is 23.0 Å². The maximum Gasteiger partial charge on any atom is 0.131 e. The summed E-state index contributed by atoms with van der Waals surface area (Å²) in [4.78, 5) is 0. The SMILES string of the molecule is C=C1CCCCC/C=C2/CCCC/C2=C/1c1cc(C)cc(-c2cc(CC)ccc2O[C@@H](C)CC(C)Oc2ccc(CC)cc2-c2cc(C)cc(-c3c4c(cc5c3CCCC5)CCCC4)c2O)c1O. The van der Waals surface area contributed by atoms with Crippen LogP contribution >= 0.6 is 0 Å². The van der Waals surface area contributed by atoms with Crippen molar-refractivity contribution in [1.29, 1.82) is 0 Å². The summed E-state index contributed by atoms with van der Waals surface area (Å²) < 4.78 is 13.9. The number of ether oxygens (including phenoxy) is 2. The van der Waals surface area contributed by atoms with Gasteiger partial charge in [0.25, 0.3) is 0 Å². The molecule has 0 saturated heterocycles. The fourth-order valence-corrected chi connectivity index (χ4v) is 12.1. The van der Waals surface area contributed by atoms with E-state index < -0.39 is 0 Å². The van der Waals surface area contributed by atoms with Gasteiger partial charge in [-0.2, -0.15) is 0 Å². The zero-order chi connectivity index (χ0) is 47.5. The lowest BCUT2D eigenvalue weighted by atomic mass is 9.76. The molecule has 356 valence electrons. The first-order valence-corrected chi connectivity index (χ1v) is 26.6. The first-order chi connectivity index (χ1) is 33.0. The van der Waals surface area contributed by atoms with Crippen molar-refractivity contribution in [2.24, 2.45) is 0 Å². The molecule has 2 atom stereocenters. The van der Waals surface area contributed by atoms with E-state index >= 15 is 0 Å². The van der Waals surface area contributed by atoms with Gasteiger partial charge < -0.3 is 19.7 Å². The predicted octanol–water partition coefficient (Wildman–Crippen LogP) is 17.0. The van der Waals surface area contributed by atoms with Gasteiger partial charge in [0.05, 0.1) is 12.2 Å². The maximum atomic E-state index is 12.5. The summed E-state index contributed by atoms with van der Waals surface area (Å²) in [5.74, 6) is 2.18. The highest BCUT2D eigenvalue weighted by atomic mass is 16.5. The topological polar surface area (TPSA) is 58.9 Å². The normalized spacial score (nSPS) is 19.2. The molecule has 5 aromatic rings. The highest BCUT2D eigenvalue weighted by Gasteiger charge is 2.28. The van der Waals surface area contributed by atoms with E-state index in [4.69, 9.17) is 16.1 Å². The molecule has 4 nitrogen and oxygen atoms in total. The summed E-state index contributed by atoms with van der Waals surface area (Å²) in [5.41, 5.74) is 22.3. The summed E-state index contributed by atoms with van der Waals surface area (Å²) in [6, 6.07) is 24.1. The van der Waals surface area contributed by atoms with E-state index in [1.165, 1.54) is 95.0 Å². The lowest BCUT2D eigenvalue weighted by molar-refractivity contribution is 0.131. The van der Waals surface area contributed by atoms with Gasteiger partial charge in [-0.15, -0.1) is 0 Å². The molecule has 4 aliphatic rings. The van der Waals surface area contributed by atoms with Crippen molar-refractivity contribution in [3.8, 4) is 56.4 Å². The van der Waals surface area contributed by atoms with Crippen LogP contribution in [0.2, 0.25) is 0 Å². The molecule has 0 heterocycles. The van der Waals surface area contributed by atoms with Crippen molar-refractivity contribution >= 4 is 5.57 Å². The number of aryl methyl sites for hydroxylation is 6.